The van der Waals surface area contributed by atoms with Gasteiger partial charge in [0.15, 0.2) is 0 Å². The van der Waals surface area contributed by atoms with E-state index in [0.717, 1.165) is 42.5 Å². The number of aryl methyl sites for hydroxylation is 1. The number of methoxy groups -OCH3 is 1. The van der Waals surface area contributed by atoms with Crippen molar-refractivity contribution >= 4 is 5.52 Å². The Labute approximate surface area is 158 Å². The normalized spacial score (nSPS) is 20.1. The molecular weight excluding hydrogens is 342 g/mol. The van der Waals surface area contributed by atoms with E-state index in [1.807, 2.05) is 41.8 Å². The third-order valence-corrected chi connectivity index (χ3v) is 5.50. The molecule has 2 atom stereocenters. The molecule has 1 aliphatic rings. The molecule has 4 rings (SSSR count). The van der Waals surface area contributed by atoms with Gasteiger partial charge in [-0.25, -0.2) is 4.98 Å². The summed E-state index contributed by atoms with van der Waals surface area (Å²) in [6.45, 7) is 6.17. The van der Waals surface area contributed by atoms with Crippen LogP contribution in [0.5, 0.6) is 5.75 Å². The molecule has 6 nitrogen and oxygen atoms in total. The monoisotopic (exact) mass is 367 g/mol. The highest BCUT2D eigenvalue weighted by Crippen LogP contribution is 2.31. The van der Waals surface area contributed by atoms with Gasteiger partial charge >= 0.3 is 0 Å². The Balaban J connectivity index is 1.72. The molecule has 3 aromatic rings. The molecule has 27 heavy (non-hydrogen) atoms. The largest absolute Gasteiger partial charge is 0.497 e. The molecule has 2 aromatic heterocycles. The topological polar surface area (TPSA) is 57.8 Å². The maximum Gasteiger partial charge on any atom is 0.276 e. The molecule has 0 amide bonds. The van der Waals surface area contributed by atoms with Gasteiger partial charge in [0.25, 0.3) is 5.56 Å². The van der Waals surface area contributed by atoms with Gasteiger partial charge in [-0.2, -0.15) is 0 Å². The molecule has 1 fully saturated rings. The van der Waals surface area contributed by atoms with Crippen LogP contribution in [0.1, 0.15) is 36.3 Å². The molecule has 6 heteroatoms. The van der Waals surface area contributed by atoms with Crippen LogP contribution in [0.2, 0.25) is 0 Å². The lowest BCUT2D eigenvalue weighted by Gasteiger charge is -2.28. The van der Waals surface area contributed by atoms with E-state index < -0.39 is 0 Å². The molecule has 3 heterocycles. The van der Waals surface area contributed by atoms with Crippen LogP contribution in [0.4, 0.5) is 0 Å². The van der Waals surface area contributed by atoms with E-state index in [9.17, 15) is 4.79 Å². The SMILES string of the molecule is COc1ccc(Cn2c(C)cn3c(C4CCOCC4C)ncc3c2=O)cc1. The number of benzene rings is 1. The molecular formula is C21H25N3O3. The predicted octanol–water partition coefficient (Wildman–Crippen LogP) is 3.00. The molecule has 1 aromatic carbocycles. The van der Waals surface area contributed by atoms with Crippen molar-refractivity contribution in [1.82, 2.24) is 14.0 Å². The van der Waals surface area contributed by atoms with Crippen LogP contribution in [0.25, 0.3) is 5.52 Å². The van der Waals surface area contributed by atoms with Crippen molar-refractivity contribution in [3.63, 3.8) is 0 Å². The number of hydrogen-bond acceptors (Lipinski definition) is 4. The van der Waals surface area contributed by atoms with Gasteiger partial charge in [0.2, 0.25) is 0 Å². The summed E-state index contributed by atoms with van der Waals surface area (Å²) in [4.78, 5) is 17.7. The second-order valence-corrected chi connectivity index (χ2v) is 7.33. The van der Waals surface area contributed by atoms with Crippen molar-refractivity contribution in [2.45, 2.75) is 32.7 Å². The van der Waals surface area contributed by atoms with Crippen LogP contribution in [0.3, 0.4) is 0 Å². The summed E-state index contributed by atoms with van der Waals surface area (Å²) in [5, 5.41) is 0. The lowest BCUT2D eigenvalue weighted by atomic mass is 9.89. The Morgan fingerprint density at radius 2 is 2.07 bits per heavy atom. The summed E-state index contributed by atoms with van der Waals surface area (Å²) in [7, 11) is 1.65. The van der Waals surface area contributed by atoms with E-state index >= 15 is 0 Å². The van der Waals surface area contributed by atoms with Crippen molar-refractivity contribution in [2.24, 2.45) is 5.92 Å². The number of imidazole rings is 1. The molecule has 0 spiro atoms. The summed E-state index contributed by atoms with van der Waals surface area (Å²) in [5.41, 5.74) is 2.59. The van der Waals surface area contributed by atoms with Crippen LogP contribution in [0, 0.1) is 12.8 Å². The highest BCUT2D eigenvalue weighted by molar-refractivity contribution is 5.45. The third kappa shape index (κ3) is 3.25. The average Bonchev–Trinajstić information content (AvgIpc) is 3.09. The minimum atomic E-state index is -0.00993. The highest BCUT2D eigenvalue weighted by Gasteiger charge is 2.27. The Morgan fingerprint density at radius 1 is 1.30 bits per heavy atom. The van der Waals surface area contributed by atoms with Crippen molar-refractivity contribution in [2.75, 3.05) is 20.3 Å². The highest BCUT2D eigenvalue weighted by atomic mass is 16.5. The zero-order chi connectivity index (χ0) is 19.0. The van der Waals surface area contributed by atoms with Crippen LogP contribution in [-0.4, -0.2) is 34.3 Å². The zero-order valence-electron chi connectivity index (χ0n) is 16.0. The first-order valence-electron chi connectivity index (χ1n) is 9.36. The molecule has 0 saturated carbocycles. The first-order chi connectivity index (χ1) is 13.1. The fraction of sp³-hybridized carbons (Fsp3) is 0.429. The smallest absolute Gasteiger partial charge is 0.276 e. The Hall–Kier alpha value is -2.60. The minimum absolute atomic E-state index is 0.00993. The number of rotatable bonds is 4. The molecule has 2 unspecified atom stereocenters. The standard InChI is InChI=1S/C21H25N3O3/c1-14-13-27-9-8-18(14)20-22-10-19-21(25)23(15(2)11-24(19)20)12-16-4-6-17(26-3)7-5-16/h4-7,10-11,14,18H,8-9,12-13H2,1-3H3. The average molecular weight is 367 g/mol. The summed E-state index contributed by atoms with van der Waals surface area (Å²) in [6, 6.07) is 7.80. The van der Waals surface area contributed by atoms with Crippen LogP contribution < -0.4 is 10.3 Å². The first kappa shape index (κ1) is 17.8. The van der Waals surface area contributed by atoms with Crippen molar-refractivity contribution in [1.29, 1.82) is 0 Å². The first-order valence-corrected chi connectivity index (χ1v) is 9.36. The second kappa shape index (κ2) is 7.19. The molecule has 1 aliphatic heterocycles. The fourth-order valence-electron chi connectivity index (χ4n) is 3.87. The van der Waals surface area contributed by atoms with E-state index in [2.05, 4.69) is 11.9 Å². The lowest BCUT2D eigenvalue weighted by Crippen LogP contribution is -2.27. The van der Waals surface area contributed by atoms with Gasteiger partial charge in [0.05, 0.1) is 19.9 Å². The third-order valence-electron chi connectivity index (χ3n) is 5.50. The van der Waals surface area contributed by atoms with Crippen molar-refractivity contribution < 1.29 is 9.47 Å². The fourth-order valence-corrected chi connectivity index (χ4v) is 3.87. The molecule has 1 saturated heterocycles. The van der Waals surface area contributed by atoms with E-state index in [0.29, 0.717) is 23.9 Å². The number of fused-ring (bicyclic) bond motifs is 1. The van der Waals surface area contributed by atoms with Gasteiger partial charge in [-0.05, 0) is 37.0 Å². The maximum absolute atomic E-state index is 13.1. The summed E-state index contributed by atoms with van der Waals surface area (Å²) in [5.74, 6) is 2.49. The quantitative estimate of drug-likeness (QED) is 0.711. The molecule has 0 bridgehead atoms. The van der Waals surface area contributed by atoms with Gasteiger partial charge in [0.1, 0.15) is 17.1 Å². The number of hydrogen-bond donors (Lipinski definition) is 0. The Kier molecular flexibility index (Phi) is 4.74. The molecule has 0 radical (unpaired) electrons. The van der Waals surface area contributed by atoms with Crippen LogP contribution in [-0.2, 0) is 11.3 Å². The number of nitrogens with zero attached hydrogens (tertiary/aromatic N) is 3. The molecule has 0 aliphatic carbocycles. The van der Waals surface area contributed by atoms with E-state index in [1.54, 1.807) is 17.9 Å². The molecule has 0 N–H and O–H groups in total. The predicted molar refractivity (Wildman–Crippen MR) is 104 cm³/mol. The zero-order valence-corrected chi connectivity index (χ0v) is 16.0. The number of aromatic nitrogens is 3. The van der Waals surface area contributed by atoms with Gasteiger partial charge in [-0.3, -0.25) is 9.20 Å². The lowest BCUT2D eigenvalue weighted by molar-refractivity contribution is 0.0451. The Bertz CT molecular complexity index is 1000. The summed E-state index contributed by atoms with van der Waals surface area (Å²) in [6.07, 6.45) is 4.68. The van der Waals surface area contributed by atoms with E-state index in [1.165, 1.54) is 0 Å². The Morgan fingerprint density at radius 3 is 2.78 bits per heavy atom. The van der Waals surface area contributed by atoms with Crippen LogP contribution >= 0.6 is 0 Å². The summed E-state index contributed by atoms with van der Waals surface area (Å²) >= 11 is 0. The van der Waals surface area contributed by atoms with E-state index in [4.69, 9.17) is 9.47 Å². The maximum atomic E-state index is 13.1. The van der Waals surface area contributed by atoms with Gasteiger partial charge in [0, 0.05) is 31.0 Å². The van der Waals surface area contributed by atoms with Crippen molar-refractivity contribution in [3.8, 4) is 5.75 Å². The summed E-state index contributed by atoms with van der Waals surface area (Å²) < 4.78 is 14.5. The second-order valence-electron chi connectivity index (χ2n) is 7.33. The van der Waals surface area contributed by atoms with Gasteiger partial charge in [-0.15, -0.1) is 0 Å². The molecule has 142 valence electrons. The van der Waals surface area contributed by atoms with Crippen LogP contribution in [0.15, 0.2) is 41.5 Å². The number of ether oxygens (including phenoxy) is 2. The van der Waals surface area contributed by atoms with Gasteiger partial charge < -0.3 is 14.0 Å². The van der Waals surface area contributed by atoms with Gasteiger partial charge in [-0.1, -0.05) is 19.1 Å². The van der Waals surface area contributed by atoms with Crippen molar-refractivity contribution in [3.05, 3.63) is 64.1 Å². The minimum Gasteiger partial charge on any atom is -0.497 e. The van der Waals surface area contributed by atoms with E-state index in [-0.39, 0.29) is 5.56 Å².